The summed E-state index contributed by atoms with van der Waals surface area (Å²) in [5.74, 6) is 0. The molecule has 1 aliphatic rings. The van der Waals surface area contributed by atoms with E-state index in [4.69, 9.17) is 0 Å². The molecule has 1 aliphatic heterocycles. The highest BCUT2D eigenvalue weighted by molar-refractivity contribution is 7.08. The summed E-state index contributed by atoms with van der Waals surface area (Å²) >= 11 is 1.57. The van der Waals surface area contributed by atoms with Crippen molar-refractivity contribution in [2.45, 2.75) is 18.5 Å². The average molecular weight is 185 g/mol. The van der Waals surface area contributed by atoms with E-state index in [1.807, 2.05) is 16.8 Å². The number of rotatable bonds is 1. The fourth-order valence-electron chi connectivity index (χ4n) is 1.63. The molecule has 1 nitrogen and oxygen atoms in total. The molecule has 0 saturated carbocycles. The Labute approximate surface area is 75.6 Å². The summed E-state index contributed by atoms with van der Waals surface area (Å²) in [5, 5.41) is 7.03. The molecule has 0 unspecified atom stereocenters. The van der Waals surface area contributed by atoms with Crippen molar-refractivity contribution in [2.75, 3.05) is 13.1 Å². The maximum atomic E-state index is 14.1. The summed E-state index contributed by atoms with van der Waals surface area (Å²) in [4.78, 5) is 0. The van der Waals surface area contributed by atoms with Crippen LogP contribution in [0.3, 0.4) is 0 Å². The minimum Gasteiger partial charge on any atom is -0.316 e. The lowest BCUT2D eigenvalue weighted by atomic mass is 9.89. The lowest BCUT2D eigenvalue weighted by Crippen LogP contribution is -2.36. The molecule has 2 heterocycles. The van der Waals surface area contributed by atoms with Gasteiger partial charge in [-0.05, 0) is 48.3 Å². The summed E-state index contributed by atoms with van der Waals surface area (Å²) in [6.07, 6.45) is 1.23. The maximum absolute atomic E-state index is 14.1. The van der Waals surface area contributed by atoms with Gasteiger partial charge in [-0.2, -0.15) is 11.3 Å². The van der Waals surface area contributed by atoms with Gasteiger partial charge in [0.05, 0.1) is 0 Å². The highest BCUT2D eigenvalue weighted by Gasteiger charge is 2.33. The highest BCUT2D eigenvalue weighted by atomic mass is 32.1. The van der Waals surface area contributed by atoms with E-state index < -0.39 is 5.67 Å². The zero-order valence-electron chi connectivity index (χ0n) is 6.85. The van der Waals surface area contributed by atoms with Gasteiger partial charge in [-0.15, -0.1) is 0 Å². The predicted molar refractivity (Wildman–Crippen MR) is 49.2 cm³/mol. The first-order chi connectivity index (χ1) is 5.81. The molecule has 2 rings (SSSR count). The summed E-state index contributed by atoms with van der Waals surface area (Å²) in [6, 6.07) is 1.90. The smallest absolute Gasteiger partial charge is 0.139 e. The van der Waals surface area contributed by atoms with E-state index >= 15 is 0 Å². The van der Waals surface area contributed by atoms with Gasteiger partial charge in [0.15, 0.2) is 0 Å². The Morgan fingerprint density at radius 3 is 2.75 bits per heavy atom. The standard InChI is InChI=1S/C9H12FNS/c10-9(2-4-11-5-3-9)8-1-6-12-7-8/h1,6-7,11H,2-5H2. The highest BCUT2D eigenvalue weighted by Crippen LogP contribution is 2.35. The van der Waals surface area contributed by atoms with Crippen LogP contribution in [0.4, 0.5) is 4.39 Å². The molecule has 0 aliphatic carbocycles. The molecule has 1 aromatic heterocycles. The third kappa shape index (κ3) is 1.39. The Hall–Kier alpha value is -0.410. The van der Waals surface area contributed by atoms with Gasteiger partial charge in [0, 0.05) is 0 Å². The van der Waals surface area contributed by atoms with Crippen LogP contribution in [0, 0.1) is 0 Å². The molecular formula is C9H12FNS. The second-order valence-corrected chi connectivity index (χ2v) is 4.01. The number of hydrogen-bond acceptors (Lipinski definition) is 2. The van der Waals surface area contributed by atoms with Crippen molar-refractivity contribution in [3.05, 3.63) is 22.4 Å². The maximum Gasteiger partial charge on any atom is 0.139 e. The molecule has 1 saturated heterocycles. The van der Waals surface area contributed by atoms with Crippen molar-refractivity contribution >= 4 is 11.3 Å². The van der Waals surface area contributed by atoms with Gasteiger partial charge in [0.1, 0.15) is 5.67 Å². The molecular weight excluding hydrogens is 173 g/mol. The Morgan fingerprint density at radius 1 is 1.42 bits per heavy atom. The van der Waals surface area contributed by atoms with Gasteiger partial charge < -0.3 is 5.32 Å². The van der Waals surface area contributed by atoms with Crippen LogP contribution in [0.2, 0.25) is 0 Å². The number of piperidine rings is 1. The molecule has 1 aromatic rings. The minimum absolute atomic E-state index is 0.615. The van der Waals surface area contributed by atoms with Crippen molar-refractivity contribution in [3.63, 3.8) is 0 Å². The van der Waals surface area contributed by atoms with Gasteiger partial charge in [-0.1, -0.05) is 0 Å². The monoisotopic (exact) mass is 185 g/mol. The topological polar surface area (TPSA) is 12.0 Å². The molecule has 0 amide bonds. The van der Waals surface area contributed by atoms with Gasteiger partial charge in [-0.3, -0.25) is 0 Å². The summed E-state index contributed by atoms with van der Waals surface area (Å²) in [5.41, 5.74) is -0.181. The number of thiophene rings is 1. The molecule has 1 N–H and O–H groups in total. The molecule has 3 heteroatoms. The first-order valence-corrected chi connectivity index (χ1v) is 5.18. The number of halogens is 1. The van der Waals surface area contributed by atoms with E-state index in [0.717, 1.165) is 18.7 Å². The second kappa shape index (κ2) is 3.15. The number of nitrogens with one attached hydrogen (secondary N) is 1. The van der Waals surface area contributed by atoms with Gasteiger partial charge in [0.2, 0.25) is 0 Å². The van der Waals surface area contributed by atoms with Crippen molar-refractivity contribution < 1.29 is 4.39 Å². The van der Waals surface area contributed by atoms with E-state index in [-0.39, 0.29) is 0 Å². The van der Waals surface area contributed by atoms with E-state index in [9.17, 15) is 4.39 Å². The van der Waals surface area contributed by atoms with Crippen LogP contribution in [-0.2, 0) is 5.67 Å². The Morgan fingerprint density at radius 2 is 2.17 bits per heavy atom. The molecule has 1 fully saturated rings. The van der Waals surface area contributed by atoms with Crippen molar-refractivity contribution in [1.82, 2.24) is 5.32 Å². The minimum atomic E-state index is -1.05. The van der Waals surface area contributed by atoms with Crippen molar-refractivity contribution in [2.24, 2.45) is 0 Å². The molecule has 0 radical (unpaired) electrons. The molecule has 0 atom stereocenters. The number of hydrogen-bond donors (Lipinski definition) is 1. The molecule has 0 spiro atoms. The Kier molecular flexibility index (Phi) is 2.15. The molecule has 66 valence electrons. The third-order valence-corrected chi connectivity index (χ3v) is 3.12. The summed E-state index contributed by atoms with van der Waals surface area (Å²) < 4.78 is 14.1. The lowest BCUT2D eigenvalue weighted by Gasteiger charge is -2.29. The fraction of sp³-hybridized carbons (Fsp3) is 0.556. The van der Waals surface area contributed by atoms with Crippen molar-refractivity contribution in [3.8, 4) is 0 Å². The quantitative estimate of drug-likeness (QED) is 0.708. The SMILES string of the molecule is FC1(c2ccsc2)CCNCC1. The normalized spacial score (nSPS) is 22.4. The van der Waals surface area contributed by atoms with Crippen LogP contribution in [0.5, 0.6) is 0 Å². The van der Waals surface area contributed by atoms with Crippen LogP contribution in [0.25, 0.3) is 0 Å². The summed E-state index contributed by atoms with van der Waals surface area (Å²) in [7, 11) is 0. The Balaban J connectivity index is 2.19. The van der Waals surface area contributed by atoms with Crippen LogP contribution < -0.4 is 5.32 Å². The zero-order valence-corrected chi connectivity index (χ0v) is 7.66. The summed E-state index contributed by atoms with van der Waals surface area (Å²) in [6.45, 7) is 1.60. The van der Waals surface area contributed by atoms with Crippen LogP contribution in [0.1, 0.15) is 18.4 Å². The van der Waals surface area contributed by atoms with Crippen LogP contribution >= 0.6 is 11.3 Å². The van der Waals surface area contributed by atoms with E-state index in [1.165, 1.54) is 0 Å². The lowest BCUT2D eigenvalue weighted by molar-refractivity contribution is 0.116. The van der Waals surface area contributed by atoms with E-state index in [0.29, 0.717) is 12.8 Å². The van der Waals surface area contributed by atoms with Gasteiger partial charge in [0.25, 0.3) is 0 Å². The third-order valence-electron chi connectivity index (χ3n) is 2.43. The van der Waals surface area contributed by atoms with Gasteiger partial charge in [-0.25, -0.2) is 4.39 Å². The molecule has 0 aromatic carbocycles. The van der Waals surface area contributed by atoms with Gasteiger partial charge >= 0.3 is 0 Å². The molecule has 0 bridgehead atoms. The van der Waals surface area contributed by atoms with Crippen molar-refractivity contribution in [1.29, 1.82) is 0 Å². The molecule has 12 heavy (non-hydrogen) atoms. The first kappa shape index (κ1) is 8.20. The number of alkyl halides is 1. The average Bonchev–Trinajstić information content (AvgIpc) is 2.58. The second-order valence-electron chi connectivity index (χ2n) is 3.23. The fourth-order valence-corrected chi connectivity index (χ4v) is 2.37. The Bertz CT molecular complexity index is 239. The predicted octanol–water partition coefficient (Wildman–Crippen LogP) is 2.30. The van der Waals surface area contributed by atoms with Crippen LogP contribution in [0.15, 0.2) is 16.8 Å². The first-order valence-electron chi connectivity index (χ1n) is 4.24. The largest absolute Gasteiger partial charge is 0.316 e. The van der Waals surface area contributed by atoms with E-state index in [2.05, 4.69) is 5.32 Å². The van der Waals surface area contributed by atoms with E-state index in [1.54, 1.807) is 11.3 Å². The zero-order chi connectivity index (χ0) is 8.44. The van der Waals surface area contributed by atoms with Crippen LogP contribution in [-0.4, -0.2) is 13.1 Å².